The number of hydrogen-bond donors (Lipinski definition) is 1. The predicted molar refractivity (Wildman–Crippen MR) is 52.8 cm³/mol. The van der Waals surface area contributed by atoms with Crippen LogP contribution in [0.2, 0.25) is 0 Å². The molecule has 0 aliphatic heterocycles. The summed E-state index contributed by atoms with van der Waals surface area (Å²) in [5.74, 6) is 6.72. The molecule has 0 fully saturated rings. The molecule has 0 aromatic carbocycles. The van der Waals surface area contributed by atoms with E-state index in [2.05, 4.69) is 16.8 Å². The van der Waals surface area contributed by atoms with Gasteiger partial charge in [-0.3, -0.25) is 0 Å². The van der Waals surface area contributed by atoms with Crippen LogP contribution in [-0.4, -0.2) is 18.0 Å². The topological polar surface area (TPSA) is 48.1 Å². The molecule has 13 heavy (non-hydrogen) atoms. The maximum Gasteiger partial charge on any atom is 0.166 e. The molecule has 4 heteroatoms. The Kier molecular flexibility index (Phi) is 3.41. The average Bonchev–Trinajstić information content (AvgIpc) is 2.16. The molecule has 0 amide bonds. The molecule has 0 aliphatic rings. The molecular formula is C9H9ClN2O. The highest BCUT2D eigenvalue weighted by atomic mass is 35.5. The van der Waals surface area contributed by atoms with E-state index in [1.807, 2.05) is 0 Å². The van der Waals surface area contributed by atoms with Gasteiger partial charge in [0.1, 0.15) is 0 Å². The Labute approximate surface area is 81.9 Å². The first-order valence-corrected chi connectivity index (χ1v) is 4.15. The molecule has 1 aromatic rings. The number of aromatic nitrogens is 1. The molecule has 0 spiro atoms. The SMILES string of the molecule is COc1cc(C#CCCl)cnc1N. The second-order valence-electron chi connectivity index (χ2n) is 2.25. The third kappa shape index (κ3) is 2.53. The van der Waals surface area contributed by atoms with Crippen molar-refractivity contribution in [3.63, 3.8) is 0 Å². The van der Waals surface area contributed by atoms with E-state index in [1.165, 1.54) is 7.11 Å². The van der Waals surface area contributed by atoms with Gasteiger partial charge >= 0.3 is 0 Å². The smallest absolute Gasteiger partial charge is 0.166 e. The predicted octanol–water partition coefficient (Wildman–Crippen LogP) is 1.26. The summed E-state index contributed by atoms with van der Waals surface area (Å²) in [6.45, 7) is 0. The van der Waals surface area contributed by atoms with Crippen molar-refractivity contribution < 1.29 is 4.74 Å². The van der Waals surface area contributed by atoms with E-state index >= 15 is 0 Å². The molecule has 0 unspecified atom stereocenters. The molecule has 0 saturated carbocycles. The van der Waals surface area contributed by atoms with Crippen LogP contribution in [0.1, 0.15) is 5.56 Å². The lowest BCUT2D eigenvalue weighted by Gasteiger charge is -2.02. The highest BCUT2D eigenvalue weighted by Crippen LogP contribution is 2.18. The molecule has 0 bridgehead atoms. The van der Waals surface area contributed by atoms with Crippen molar-refractivity contribution >= 4 is 17.4 Å². The monoisotopic (exact) mass is 196 g/mol. The zero-order chi connectivity index (χ0) is 9.68. The number of nitrogen functional groups attached to an aromatic ring is 1. The minimum absolute atomic E-state index is 0.298. The standard InChI is InChI=1S/C9H9ClN2O/c1-13-8-5-7(3-2-4-10)6-12-9(8)11/h5-6H,4H2,1H3,(H2,11,12). The van der Waals surface area contributed by atoms with Crippen LogP contribution in [0.5, 0.6) is 5.75 Å². The number of nitrogens with zero attached hydrogens (tertiary/aromatic N) is 1. The summed E-state index contributed by atoms with van der Waals surface area (Å²) in [6, 6.07) is 1.72. The van der Waals surface area contributed by atoms with Gasteiger partial charge in [0.25, 0.3) is 0 Å². The molecule has 0 aliphatic carbocycles. The highest BCUT2D eigenvalue weighted by molar-refractivity contribution is 6.19. The Balaban J connectivity index is 2.99. The van der Waals surface area contributed by atoms with Crippen molar-refractivity contribution in [3.05, 3.63) is 17.8 Å². The Hall–Kier alpha value is -1.40. The van der Waals surface area contributed by atoms with Gasteiger partial charge in [0, 0.05) is 17.8 Å². The first-order valence-electron chi connectivity index (χ1n) is 3.62. The van der Waals surface area contributed by atoms with E-state index in [4.69, 9.17) is 22.1 Å². The molecule has 0 radical (unpaired) electrons. The average molecular weight is 197 g/mol. The fraction of sp³-hybridized carbons (Fsp3) is 0.222. The van der Waals surface area contributed by atoms with Crippen molar-refractivity contribution in [2.24, 2.45) is 0 Å². The second-order valence-corrected chi connectivity index (χ2v) is 2.51. The Morgan fingerprint density at radius 1 is 1.69 bits per heavy atom. The van der Waals surface area contributed by atoms with Gasteiger partial charge in [0.2, 0.25) is 0 Å². The Morgan fingerprint density at radius 2 is 2.46 bits per heavy atom. The fourth-order valence-corrected chi connectivity index (χ4v) is 0.889. The van der Waals surface area contributed by atoms with Crippen molar-refractivity contribution in [3.8, 4) is 17.6 Å². The zero-order valence-electron chi connectivity index (χ0n) is 7.17. The van der Waals surface area contributed by atoms with E-state index < -0.39 is 0 Å². The van der Waals surface area contributed by atoms with Crippen LogP contribution in [0.15, 0.2) is 12.3 Å². The number of halogens is 1. The molecule has 1 heterocycles. The minimum atomic E-state index is 0.298. The van der Waals surface area contributed by atoms with Gasteiger partial charge in [-0.05, 0) is 0 Å². The minimum Gasteiger partial charge on any atom is -0.493 e. The third-order valence-corrected chi connectivity index (χ3v) is 1.53. The van der Waals surface area contributed by atoms with E-state index in [1.54, 1.807) is 12.3 Å². The van der Waals surface area contributed by atoms with E-state index in [0.29, 0.717) is 17.4 Å². The second kappa shape index (κ2) is 4.58. The van der Waals surface area contributed by atoms with Crippen LogP contribution in [0.4, 0.5) is 5.82 Å². The van der Waals surface area contributed by atoms with Gasteiger partial charge < -0.3 is 10.5 Å². The molecule has 1 rings (SSSR count). The number of nitrogens with two attached hydrogens (primary N) is 1. The van der Waals surface area contributed by atoms with Crippen LogP contribution < -0.4 is 10.5 Å². The molecule has 3 nitrogen and oxygen atoms in total. The van der Waals surface area contributed by atoms with E-state index in [9.17, 15) is 0 Å². The number of rotatable bonds is 1. The molecular weight excluding hydrogens is 188 g/mol. The third-order valence-electron chi connectivity index (χ3n) is 1.40. The highest BCUT2D eigenvalue weighted by Gasteiger charge is 1.99. The maximum atomic E-state index is 5.52. The van der Waals surface area contributed by atoms with Crippen molar-refractivity contribution in [2.75, 3.05) is 18.7 Å². The fourth-order valence-electron chi connectivity index (χ4n) is 0.822. The number of anilines is 1. The largest absolute Gasteiger partial charge is 0.493 e. The van der Waals surface area contributed by atoms with Gasteiger partial charge in [-0.1, -0.05) is 11.8 Å². The Bertz CT molecular complexity index is 354. The normalized spacial score (nSPS) is 8.77. The molecule has 68 valence electrons. The number of pyridine rings is 1. The summed E-state index contributed by atoms with van der Waals surface area (Å²) >= 11 is 5.41. The van der Waals surface area contributed by atoms with Gasteiger partial charge in [0.05, 0.1) is 13.0 Å². The summed E-state index contributed by atoms with van der Waals surface area (Å²) in [7, 11) is 1.53. The van der Waals surface area contributed by atoms with Crippen LogP contribution in [0.25, 0.3) is 0 Å². The zero-order valence-corrected chi connectivity index (χ0v) is 7.93. The molecule has 2 N–H and O–H groups in total. The summed E-state index contributed by atoms with van der Waals surface area (Å²) < 4.78 is 4.98. The van der Waals surface area contributed by atoms with E-state index in [-0.39, 0.29) is 0 Å². The van der Waals surface area contributed by atoms with Crippen LogP contribution in [-0.2, 0) is 0 Å². The van der Waals surface area contributed by atoms with Crippen LogP contribution in [0.3, 0.4) is 0 Å². The summed E-state index contributed by atoms with van der Waals surface area (Å²) in [4.78, 5) is 3.91. The van der Waals surface area contributed by atoms with Gasteiger partial charge in [-0.2, -0.15) is 0 Å². The quantitative estimate of drug-likeness (QED) is 0.544. The maximum absolute atomic E-state index is 5.52. The number of methoxy groups -OCH3 is 1. The summed E-state index contributed by atoms with van der Waals surface area (Å²) in [5.41, 5.74) is 6.26. The van der Waals surface area contributed by atoms with E-state index in [0.717, 1.165) is 5.56 Å². The summed E-state index contributed by atoms with van der Waals surface area (Å²) in [6.07, 6.45) is 1.58. The number of ether oxygens (including phenoxy) is 1. The lowest BCUT2D eigenvalue weighted by atomic mass is 10.3. The van der Waals surface area contributed by atoms with Crippen molar-refractivity contribution in [2.45, 2.75) is 0 Å². The first kappa shape index (κ1) is 9.69. The van der Waals surface area contributed by atoms with Crippen molar-refractivity contribution in [1.82, 2.24) is 4.98 Å². The van der Waals surface area contributed by atoms with Gasteiger partial charge in [0.15, 0.2) is 11.6 Å². The van der Waals surface area contributed by atoms with Gasteiger partial charge in [-0.25, -0.2) is 4.98 Å². The number of hydrogen-bond acceptors (Lipinski definition) is 3. The molecule has 1 aromatic heterocycles. The first-order chi connectivity index (χ1) is 6.27. The number of alkyl halides is 1. The van der Waals surface area contributed by atoms with Crippen molar-refractivity contribution in [1.29, 1.82) is 0 Å². The Morgan fingerprint density at radius 3 is 3.08 bits per heavy atom. The van der Waals surface area contributed by atoms with Gasteiger partial charge in [-0.15, -0.1) is 11.6 Å². The van der Waals surface area contributed by atoms with Crippen LogP contribution in [0, 0.1) is 11.8 Å². The molecule has 0 saturated heterocycles. The van der Waals surface area contributed by atoms with Crippen LogP contribution >= 0.6 is 11.6 Å². The summed E-state index contributed by atoms with van der Waals surface area (Å²) in [5, 5.41) is 0. The molecule has 0 atom stereocenters. The lowest BCUT2D eigenvalue weighted by molar-refractivity contribution is 0.415. The lowest BCUT2D eigenvalue weighted by Crippen LogP contribution is -1.95.